The van der Waals surface area contributed by atoms with Gasteiger partial charge in [0.25, 0.3) is 0 Å². The van der Waals surface area contributed by atoms with E-state index in [2.05, 4.69) is 0 Å². The van der Waals surface area contributed by atoms with Crippen LogP contribution in [0, 0.1) is 5.92 Å². The largest absolute Gasteiger partial charge is 0.480 e. The van der Waals surface area contributed by atoms with Crippen molar-refractivity contribution in [2.75, 3.05) is 0 Å². The summed E-state index contributed by atoms with van der Waals surface area (Å²) in [6, 6.07) is 3.75. The summed E-state index contributed by atoms with van der Waals surface area (Å²) in [4.78, 5) is 10.9. The van der Waals surface area contributed by atoms with Crippen molar-refractivity contribution >= 4 is 39.0 Å². The lowest BCUT2D eigenvalue weighted by Crippen LogP contribution is -2.35. The van der Waals surface area contributed by atoms with Crippen LogP contribution in [0.3, 0.4) is 0 Å². The number of halogens is 2. The number of sulfone groups is 1. The van der Waals surface area contributed by atoms with Crippen LogP contribution in [0.25, 0.3) is 0 Å². The third kappa shape index (κ3) is 2.96. The van der Waals surface area contributed by atoms with Gasteiger partial charge in [0.2, 0.25) is 0 Å². The first-order chi connectivity index (χ1) is 8.17. The Labute approximate surface area is 115 Å². The standard InChI is InChI=1S/C11H12Cl2O4S/c1-6(2)10(11(14)15)18(16,17)7-3-4-8(12)9(13)5-7/h3-6,10H,1-2H3,(H,14,15). The third-order valence-electron chi connectivity index (χ3n) is 2.40. The zero-order valence-corrected chi connectivity index (χ0v) is 12.1. The number of hydrogen-bond acceptors (Lipinski definition) is 3. The van der Waals surface area contributed by atoms with Crippen LogP contribution < -0.4 is 0 Å². The molecule has 0 saturated carbocycles. The Morgan fingerprint density at radius 2 is 1.78 bits per heavy atom. The molecule has 0 radical (unpaired) electrons. The molecule has 0 bridgehead atoms. The van der Waals surface area contributed by atoms with Crippen LogP contribution in [0.15, 0.2) is 23.1 Å². The van der Waals surface area contributed by atoms with E-state index in [4.69, 9.17) is 28.3 Å². The lowest BCUT2D eigenvalue weighted by Gasteiger charge is -2.17. The van der Waals surface area contributed by atoms with Gasteiger partial charge in [0.15, 0.2) is 15.1 Å². The fourth-order valence-electron chi connectivity index (χ4n) is 1.58. The SMILES string of the molecule is CC(C)C(C(=O)O)S(=O)(=O)c1ccc(Cl)c(Cl)c1. The molecule has 0 amide bonds. The van der Waals surface area contributed by atoms with Crippen molar-refractivity contribution in [2.45, 2.75) is 24.0 Å². The zero-order valence-electron chi connectivity index (χ0n) is 9.72. The van der Waals surface area contributed by atoms with Gasteiger partial charge in [-0.1, -0.05) is 37.0 Å². The number of carboxylic acid groups (broad SMARTS) is 1. The number of benzene rings is 1. The molecule has 7 heteroatoms. The van der Waals surface area contributed by atoms with Crippen LogP contribution in [0.4, 0.5) is 0 Å². The predicted octanol–water partition coefficient (Wildman–Crippen LogP) is 2.88. The molecule has 1 atom stereocenters. The molecule has 1 unspecified atom stereocenters. The minimum atomic E-state index is -3.98. The molecule has 0 aliphatic heterocycles. The zero-order chi connectivity index (χ0) is 14.1. The second kappa shape index (κ2) is 5.47. The van der Waals surface area contributed by atoms with E-state index in [1.165, 1.54) is 26.0 Å². The normalized spacial score (nSPS) is 13.6. The molecule has 1 aromatic rings. The molecule has 0 fully saturated rings. The number of aliphatic carboxylic acids is 1. The highest BCUT2D eigenvalue weighted by Gasteiger charge is 2.36. The quantitative estimate of drug-likeness (QED) is 0.928. The van der Waals surface area contributed by atoms with Gasteiger partial charge in [-0.2, -0.15) is 0 Å². The monoisotopic (exact) mass is 310 g/mol. The predicted molar refractivity (Wildman–Crippen MR) is 69.9 cm³/mol. The van der Waals surface area contributed by atoms with E-state index in [-0.39, 0.29) is 14.9 Å². The van der Waals surface area contributed by atoms with Crippen molar-refractivity contribution < 1.29 is 18.3 Å². The van der Waals surface area contributed by atoms with E-state index in [1.54, 1.807) is 0 Å². The molecule has 1 N–H and O–H groups in total. The van der Waals surface area contributed by atoms with Crippen molar-refractivity contribution in [3.8, 4) is 0 Å². The molecule has 100 valence electrons. The molecule has 4 nitrogen and oxygen atoms in total. The molecule has 0 heterocycles. The highest BCUT2D eigenvalue weighted by atomic mass is 35.5. The van der Waals surface area contributed by atoms with E-state index in [9.17, 15) is 13.2 Å². The lowest BCUT2D eigenvalue weighted by molar-refractivity contribution is -0.137. The molecule has 0 aromatic heterocycles. The minimum Gasteiger partial charge on any atom is -0.480 e. The van der Waals surface area contributed by atoms with E-state index >= 15 is 0 Å². The average molecular weight is 311 g/mol. The Balaban J connectivity index is 3.36. The molecular formula is C11H12Cl2O4S. The van der Waals surface area contributed by atoms with Crippen LogP contribution >= 0.6 is 23.2 Å². The van der Waals surface area contributed by atoms with Gasteiger partial charge in [-0.25, -0.2) is 8.42 Å². The summed E-state index contributed by atoms with van der Waals surface area (Å²) in [5.41, 5.74) is 0. The van der Waals surface area contributed by atoms with Crippen molar-refractivity contribution in [1.29, 1.82) is 0 Å². The number of carboxylic acids is 1. The topological polar surface area (TPSA) is 71.4 Å². The Morgan fingerprint density at radius 1 is 1.22 bits per heavy atom. The van der Waals surface area contributed by atoms with Crippen LogP contribution in [0.2, 0.25) is 10.0 Å². The molecule has 0 saturated heterocycles. The number of hydrogen-bond donors (Lipinski definition) is 1. The Kier molecular flexibility index (Phi) is 4.64. The molecule has 0 aliphatic carbocycles. The van der Waals surface area contributed by atoms with Gasteiger partial charge in [0.05, 0.1) is 14.9 Å². The van der Waals surface area contributed by atoms with Crippen LogP contribution in [-0.2, 0) is 14.6 Å². The summed E-state index contributed by atoms with van der Waals surface area (Å²) >= 11 is 11.4. The van der Waals surface area contributed by atoms with Crippen LogP contribution in [-0.4, -0.2) is 24.7 Å². The van der Waals surface area contributed by atoms with Gasteiger partial charge in [-0.15, -0.1) is 0 Å². The van der Waals surface area contributed by atoms with Gasteiger partial charge in [0, 0.05) is 0 Å². The highest BCUT2D eigenvalue weighted by molar-refractivity contribution is 7.92. The Hall–Kier alpha value is -0.780. The summed E-state index contributed by atoms with van der Waals surface area (Å²) in [7, 11) is -3.98. The maximum Gasteiger partial charge on any atom is 0.322 e. The Bertz CT molecular complexity index is 566. The second-order valence-electron chi connectivity index (χ2n) is 4.12. The van der Waals surface area contributed by atoms with Gasteiger partial charge in [-0.3, -0.25) is 4.79 Å². The first-order valence-corrected chi connectivity index (χ1v) is 7.40. The van der Waals surface area contributed by atoms with Crippen molar-refractivity contribution in [3.05, 3.63) is 28.2 Å². The average Bonchev–Trinajstić information content (AvgIpc) is 2.19. The number of carbonyl (C=O) groups is 1. The minimum absolute atomic E-state index is 0.0747. The Morgan fingerprint density at radius 3 is 2.17 bits per heavy atom. The van der Waals surface area contributed by atoms with Crippen molar-refractivity contribution in [1.82, 2.24) is 0 Å². The molecular weight excluding hydrogens is 299 g/mol. The maximum absolute atomic E-state index is 12.2. The third-order valence-corrected chi connectivity index (χ3v) is 5.47. The molecule has 0 spiro atoms. The molecule has 0 aliphatic rings. The smallest absolute Gasteiger partial charge is 0.322 e. The van der Waals surface area contributed by atoms with Gasteiger partial charge >= 0.3 is 5.97 Å². The van der Waals surface area contributed by atoms with Gasteiger partial charge in [0.1, 0.15) is 0 Å². The van der Waals surface area contributed by atoms with E-state index in [0.717, 1.165) is 6.07 Å². The van der Waals surface area contributed by atoms with Gasteiger partial charge < -0.3 is 5.11 Å². The van der Waals surface area contributed by atoms with E-state index in [0.29, 0.717) is 0 Å². The van der Waals surface area contributed by atoms with Crippen LogP contribution in [0.1, 0.15) is 13.8 Å². The first-order valence-electron chi connectivity index (χ1n) is 5.09. The summed E-state index contributed by atoms with van der Waals surface area (Å²) in [6.45, 7) is 3.07. The van der Waals surface area contributed by atoms with Gasteiger partial charge in [-0.05, 0) is 24.1 Å². The lowest BCUT2D eigenvalue weighted by atomic mass is 10.1. The summed E-state index contributed by atoms with van der Waals surface area (Å²) < 4.78 is 24.4. The van der Waals surface area contributed by atoms with E-state index in [1.807, 2.05) is 0 Å². The highest BCUT2D eigenvalue weighted by Crippen LogP contribution is 2.28. The fourth-order valence-corrected chi connectivity index (χ4v) is 3.75. The van der Waals surface area contributed by atoms with Crippen LogP contribution in [0.5, 0.6) is 0 Å². The summed E-state index contributed by atoms with van der Waals surface area (Å²) in [6.07, 6.45) is 0. The summed E-state index contributed by atoms with van der Waals surface area (Å²) in [5, 5.41) is 7.81. The summed E-state index contributed by atoms with van der Waals surface area (Å²) in [5.74, 6) is -1.93. The first kappa shape index (κ1) is 15.3. The molecule has 18 heavy (non-hydrogen) atoms. The van der Waals surface area contributed by atoms with Crippen molar-refractivity contribution in [2.24, 2.45) is 5.92 Å². The number of rotatable bonds is 4. The molecule has 1 aromatic carbocycles. The fraction of sp³-hybridized carbons (Fsp3) is 0.364. The van der Waals surface area contributed by atoms with Crippen molar-refractivity contribution in [3.63, 3.8) is 0 Å². The molecule has 1 rings (SSSR count). The maximum atomic E-state index is 12.2. The van der Waals surface area contributed by atoms with E-state index < -0.39 is 27.0 Å². The second-order valence-corrected chi connectivity index (χ2v) is 7.01.